The molecule has 0 saturated heterocycles. The Morgan fingerprint density at radius 2 is 1.90 bits per heavy atom. The third-order valence-corrected chi connectivity index (χ3v) is 5.49. The summed E-state index contributed by atoms with van der Waals surface area (Å²) in [4.78, 5) is 25.8. The van der Waals surface area contributed by atoms with E-state index in [0.29, 0.717) is 29.3 Å². The van der Waals surface area contributed by atoms with Gasteiger partial charge in [-0.05, 0) is 35.9 Å². The molecule has 2 N–H and O–H groups in total. The van der Waals surface area contributed by atoms with E-state index >= 15 is 0 Å². The Bertz CT molecular complexity index is 1010. The first-order chi connectivity index (χ1) is 15.0. The molecule has 0 bridgehead atoms. The topological polar surface area (TPSA) is 102 Å². The normalized spacial score (nSPS) is 17.1. The van der Waals surface area contributed by atoms with E-state index in [0.717, 1.165) is 22.4 Å². The monoisotopic (exact) mass is 424 g/mol. The lowest BCUT2D eigenvalue weighted by atomic mass is 9.90. The lowest BCUT2D eigenvalue weighted by Gasteiger charge is -2.34. The van der Waals surface area contributed by atoms with Crippen LogP contribution in [0.5, 0.6) is 11.5 Å². The fourth-order valence-corrected chi connectivity index (χ4v) is 3.96. The van der Waals surface area contributed by atoms with E-state index in [1.54, 1.807) is 38.5 Å². The predicted octanol–water partition coefficient (Wildman–Crippen LogP) is 1.26. The molecule has 0 aromatic heterocycles. The number of carbonyl (C=O) groups is 2. The molecule has 2 atom stereocenters. The van der Waals surface area contributed by atoms with Gasteiger partial charge in [0, 0.05) is 17.7 Å². The average molecular weight is 424 g/mol. The number of amides is 1. The smallest absolute Gasteiger partial charge is 0.311 e. The van der Waals surface area contributed by atoms with E-state index in [9.17, 15) is 9.59 Å². The zero-order chi connectivity index (χ0) is 22.4. The van der Waals surface area contributed by atoms with Crippen LogP contribution in [0.4, 0.5) is 5.69 Å². The van der Waals surface area contributed by atoms with Crippen LogP contribution in [-0.2, 0) is 20.7 Å². The van der Waals surface area contributed by atoms with Crippen molar-refractivity contribution in [2.24, 2.45) is 0 Å². The Hall–Kier alpha value is -3.57. The Morgan fingerprint density at radius 3 is 2.58 bits per heavy atom. The quantitative estimate of drug-likeness (QED) is 0.649. The minimum atomic E-state index is -0.340. The summed E-state index contributed by atoms with van der Waals surface area (Å²) in [5, 5.41) is 11.9. The Kier molecular flexibility index (Phi) is 7.11. The summed E-state index contributed by atoms with van der Waals surface area (Å²) in [5.74, 6) is 0.683. The summed E-state index contributed by atoms with van der Waals surface area (Å²) >= 11 is 0. The van der Waals surface area contributed by atoms with Crippen molar-refractivity contribution in [3.05, 3.63) is 53.1 Å². The van der Waals surface area contributed by atoms with Crippen molar-refractivity contribution in [3.63, 3.8) is 0 Å². The maximum absolute atomic E-state index is 12.7. The maximum atomic E-state index is 12.7. The number of nitrogens with zero attached hydrogens (tertiary/aromatic N) is 1. The molecule has 0 spiro atoms. The Balaban J connectivity index is 1.84. The summed E-state index contributed by atoms with van der Waals surface area (Å²) in [6.45, 7) is 0.849. The molecule has 0 aliphatic carbocycles. The Labute approximate surface area is 181 Å². The molecule has 162 valence electrons. The fourth-order valence-electron chi connectivity index (χ4n) is 3.96. The highest BCUT2D eigenvalue weighted by Crippen LogP contribution is 2.35. The molecule has 31 heavy (non-hydrogen) atoms. The summed E-state index contributed by atoms with van der Waals surface area (Å²) < 4.78 is 15.8. The van der Waals surface area contributed by atoms with Gasteiger partial charge in [0.05, 0.1) is 39.5 Å². The fraction of sp³-hybridized carbons (Fsp3) is 0.348. The van der Waals surface area contributed by atoms with E-state index in [1.165, 1.54) is 7.11 Å². The van der Waals surface area contributed by atoms with Gasteiger partial charge in [0.2, 0.25) is 0 Å². The number of carbonyl (C=O) groups excluding carboxylic acids is 2. The van der Waals surface area contributed by atoms with Crippen LogP contribution in [0, 0.1) is 11.3 Å². The zero-order valence-corrected chi connectivity index (χ0v) is 17.9. The molecule has 3 rings (SSSR count). The molecule has 0 fully saturated rings. The average Bonchev–Trinajstić information content (AvgIpc) is 2.79. The molecule has 2 aromatic carbocycles. The van der Waals surface area contributed by atoms with Gasteiger partial charge in [0.1, 0.15) is 12.5 Å². The number of nitrogens with one attached hydrogen (secondary N) is 2. The standard InChI is InChI=1S/C23H25N3O5/c1-29-20-10-16-7-8-26(14-22(27)25-17-6-4-5-15(9-17)13-24)19(12-23(28)31-3)18(16)11-21(20)30-2/h4-6,9-11,19H,7-8,12,14H2,1-3H3,(H,25,27)/p+1/t19-/m0/s1. The van der Waals surface area contributed by atoms with Crippen molar-refractivity contribution in [3.8, 4) is 17.6 Å². The molecule has 2 aromatic rings. The number of methoxy groups -OCH3 is 3. The number of esters is 1. The molecular weight excluding hydrogens is 398 g/mol. The largest absolute Gasteiger partial charge is 0.493 e. The minimum absolute atomic E-state index is 0.144. The second-order valence-corrected chi connectivity index (χ2v) is 7.31. The number of quaternary nitrogens is 1. The molecule has 1 amide bonds. The summed E-state index contributed by atoms with van der Waals surface area (Å²) in [7, 11) is 4.51. The van der Waals surface area contributed by atoms with Gasteiger partial charge >= 0.3 is 5.97 Å². The van der Waals surface area contributed by atoms with Crippen molar-refractivity contribution >= 4 is 17.6 Å². The Morgan fingerprint density at radius 1 is 1.16 bits per heavy atom. The lowest BCUT2D eigenvalue weighted by molar-refractivity contribution is -0.925. The summed E-state index contributed by atoms with van der Waals surface area (Å²) in [5.41, 5.74) is 3.06. The molecule has 1 unspecified atom stereocenters. The molecule has 8 nitrogen and oxygen atoms in total. The number of fused-ring (bicyclic) bond motifs is 1. The molecule has 1 heterocycles. The second-order valence-electron chi connectivity index (χ2n) is 7.31. The number of ether oxygens (including phenoxy) is 3. The van der Waals surface area contributed by atoms with Gasteiger partial charge in [-0.3, -0.25) is 9.59 Å². The second kappa shape index (κ2) is 9.96. The summed E-state index contributed by atoms with van der Waals surface area (Å²) in [6, 6.07) is 12.4. The number of benzene rings is 2. The van der Waals surface area contributed by atoms with Gasteiger partial charge in [-0.15, -0.1) is 0 Å². The van der Waals surface area contributed by atoms with Gasteiger partial charge in [-0.1, -0.05) is 6.07 Å². The zero-order valence-electron chi connectivity index (χ0n) is 17.9. The van der Waals surface area contributed by atoms with E-state index in [1.807, 2.05) is 12.1 Å². The highest BCUT2D eigenvalue weighted by molar-refractivity contribution is 5.91. The third-order valence-electron chi connectivity index (χ3n) is 5.49. The van der Waals surface area contributed by atoms with Crippen LogP contribution >= 0.6 is 0 Å². The van der Waals surface area contributed by atoms with E-state index in [-0.39, 0.29) is 30.9 Å². The van der Waals surface area contributed by atoms with Gasteiger partial charge < -0.3 is 24.4 Å². The first-order valence-electron chi connectivity index (χ1n) is 9.95. The molecule has 8 heteroatoms. The van der Waals surface area contributed by atoms with E-state index in [2.05, 4.69) is 11.4 Å². The van der Waals surface area contributed by atoms with E-state index < -0.39 is 0 Å². The molecule has 1 aliphatic heterocycles. The van der Waals surface area contributed by atoms with E-state index in [4.69, 9.17) is 19.5 Å². The highest BCUT2D eigenvalue weighted by atomic mass is 16.5. The minimum Gasteiger partial charge on any atom is -0.493 e. The number of rotatable bonds is 7. The SMILES string of the molecule is COC(=O)C[C@H]1c2cc(OC)c(OC)cc2CC[NH+]1CC(=O)Nc1cccc(C#N)c1. The van der Waals surface area contributed by atoms with Crippen LogP contribution in [0.2, 0.25) is 0 Å². The third kappa shape index (κ3) is 5.13. The predicted molar refractivity (Wildman–Crippen MR) is 113 cm³/mol. The maximum Gasteiger partial charge on any atom is 0.311 e. The molecule has 0 radical (unpaired) electrons. The van der Waals surface area contributed by atoms with Gasteiger partial charge in [-0.25, -0.2) is 0 Å². The van der Waals surface area contributed by atoms with Crippen LogP contribution in [0.25, 0.3) is 0 Å². The first-order valence-corrected chi connectivity index (χ1v) is 9.95. The van der Waals surface area contributed by atoms with Crippen molar-refractivity contribution in [2.45, 2.75) is 18.9 Å². The number of anilines is 1. The van der Waals surface area contributed by atoms with Gasteiger partial charge in [0.15, 0.2) is 18.0 Å². The van der Waals surface area contributed by atoms with Crippen molar-refractivity contribution in [1.82, 2.24) is 0 Å². The van der Waals surface area contributed by atoms with Crippen LogP contribution in [0.1, 0.15) is 29.2 Å². The lowest BCUT2D eigenvalue weighted by Crippen LogP contribution is -3.14. The van der Waals surface area contributed by atoms with Crippen LogP contribution in [0.3, 0.4) is 0 Å². The van der Waals surface area contributed by atoms with Crippen molar-refractivity contribution in [2.75, 3.05) is 39.7 Å². The van der Waals surface area contributed by atoms with Gasteiger partial charge in [0.25, 0.3) is 5.91 Å². The number of nitriles is 1. The van der Waals surface area contributed by atoms with Crippen molar-refractivity contribution in [1.29, 1.82) is 5.26 Å². The highest BCUT2D eigenvalue weighted by Gasteiger charge is 2.35. The van der Waals surface area contributed by atoms with Gasteiger partial charge in [-0.2, -0.15) is 5.26 Å². The summed E-state index contributed by atoms with van der Waals surface area (Å²) in [6.07, 6.45) is 0.880. The van der Waals surface area contributed by atoms with Crippen LogP contribution in [-0.4, -0.2) is 46.3 Å². The molecule has 0 saturated carbocycles. The molecular formula is C23H26N3O5+. The van der Waals surface area contributed by atoms with Crippen LogP contribution < -0.4 is 19.7 Å². The first kappa shape index (κ1) is 22.1. The van der Waals surface area contributed by atoms with Crippen LogP contribution in [0.15, 0.2) is 36.4 Å². The number of hydrogen-bond acceptors (Lipinski definition) is 6. The number of hydrogen-bond donors (Lipinski definition) is 2. The van der Waals surface area contributed by atoms with Crippen molar-refractivity contribution < 1.29 is 28.7 Å². The molecule has 1 aliphatic rings.